The molecule has 3 heteroatoms. The molecule has 1 fully saturated rings. The molecule has 1 nitrogen and oxygen atoms in total. The van der Waals surface area contributed by atoms with Crippen molar-refractivity contribution in [2.75, 3.05) is 20.1 Å². The van der Waals surface area contributed by atoms with Crippen molar-refractivity contribution < 1.29 is 0 Å². The second-order valence-corrected chi connectivity index (χ2v) is 8.82. The highest BCUT2D eigenvalue weighted by molar-refractivity contribution is 8.01. The average molecular weight is 356 g/mol. The molecule has 2 aromatic carbocycles. The molecule has 124 valence electrons. The Kier molecular flexibility index (Phi) is 4.24. The predicted octanol–water partition coefficient (Wildman–Crippen LogP) is 5.84. The Balaban J connectivity index is 1.90. The lowest BCUT2D eigenvalue weighted by molar-refractivity contribution is 0.312. The van der Waals surface area contributed by atoms with Gasteiger partial charge in [-0.15, -0.1) is 11.8 Å². The highest BCUT2D eigenvalue weighted by Gasteiger charge is 2.42. The van der Waals surface area contributed by atoms with Crippen LogP contribution in [0.4, 0.5) is 0 Å². The number of hydrogen-bond donors (Lipinski definition) is 0. The minimum atomic E-state index is -0.0283. The third-order valence-electron chi connectivity index (χ3n) is 5.27. The van der Waals surface area contributed by atoms with Gasteiger partial charge in [0.15, 0.2) is 0 Å². The van der Waals surface area contributed by atoms with Crippen LogP contribution in [0.25, 0.3) is 5.57 Å². The zero-order chi connectivity index (χ0) is 16.7. The van der Waals surface area contributed by atoms with Crippen LogP contribution in [0, 0.1) is 0 Å². The van der Waals surface area contributed by atoms with Crippen LogP contribution in [-0.2, 0) is 4.75 Å². The monoisotopic (exact) mass is 355 g/mol. The number of halogens is 1. The normalized spacial score (nSPS) is 24.3. The van der Waals surface area contributed by atoms with Crippen LogP contribution in [0.3, 0.4) is 0 Å². The van der Waals surface area contributed by atoms with Crippen molar-refractivity contribution in [1.29, 1.82) is 0 Å². The molecule has 0 amide bonds. The van der Waals surface area contributed by atoms with Crippen molar-refractivity contribution in [3.8, 4) is 0 Å². The minimum Gasteiger partial charge on any atom is -0.306 e. The maximum atomic E-state index is 6.28. The molecule has 2 heterocycles. The summed E-state index contributed by atoms with van der Waals surface area (Å²) in [6.07, 6.45) is 2.33. The summed E-state index contributed by atoms with van der Waals surface area (Å²) in [7, 11) is 2.22. The third kappa shape index (κ3) is 2.71. The first-order valence-corrected chi connectivity index (χ1v) is 9.73. The molecule has 0 aromatic heterocycles. The molecule has 2 aromatic rings. The first kappa shape index (κ1) is 16.3. The fourth-order valence-corrected chi connectivity index (χ4v) is 5.69. The van der Waals surface area contributed by atoms with Crippen LogP contribution in [0.1, 0.15) is 30.9 Å². The highest BCUT2D eigenvalue weighted by atomic mass is 35.5. The molecule has 0 bridgehead atoms. The molecule has 1 saturated heterocycles. The van der Waals surface area contributed by atoms with Crippen molar-refractivity contribution in [2.24, 2.45) is 0 Å². The zero-order valence-electron chi connectivity index (χ0n) is 14.2. The summed E-state index contributed by atoms with van der Waals surface area (Å²) >= 11 is 8.23. The lowest BCUT2D eigenvalue weighted by Gasteiger charge is -2.32. The van der Waals surface area contributed by atoms with Gasteiger partial charge in [0.05, 0.1) is 4.75 Å². The maximum Gasteiger partial charge on any atom is 0.0681 e. The van der Waals surface area contributed by atoms with Gasteiger partial charge in [0, 0.05) is 23.0 Å². The number of nitrogens with zero attached hydrogens (tertiary/aromatic N) is 1. The molecule has 4 rings (SSSR count). The van der Waals surface area contributed by atoms with Crippen LogP contribution >= 0.6 is 23.4 Å². The van der Waals surface area contributed by atoms with Gasteiger partial charge in [-0.25, -0.2) is 0 Å². The van der Waals surface area contributed by atoms with E-state index < -0.39 is 0 Å². The van der Waals surface area contributed by atoms with E-state index in [1.54, 1.807) is 5.57 Å². The Morgan fingerprint density at radius 3 is 2.46 bits per heavy atom. The second-order valence-electron chi connectivity index (χ2n) is 6.92. The van der Waals surface area contributed by atoms with Gasteiger partial charge in [0.2, 0.25) is 0 Å². The van der Waals surface area contributed by atoms with E-state index in [2.05, 4.69) is 61.3 Å². The molecule has 2 aliphatic rings. The van der Waals surface area contributed by atoms with E-state index in [1.165, 1.54) is 21.6 Å². The number of thioether (sulfide) groups is 1. The average Bonchev–Trinajstić information content (AvgIpc) is 2.89. The smallest absolute Gasteiger partial charge is 0.0681 e. The first-order valence-electron chi connectivity index (χ1n) is 8.53. The summed E-state index contributed by atoms with van der Waals surface area (Å²) < 4.78 is -0.0283. The van der Waals surface area contributed by atoms with Gasteiger partial charge >= 0.3 is 0 Å². The van der Waals surface area contributed by atoms with Crippen molar-refractivity contribution in [2.45, 2.75) is 29.4 Å². The second kappa shape index (κ2) is 6.25. The summed E-state index contributed by atoms with van der Waals surface area (Å²) in [6.45, 7) is 4.68. The molecule has 0 spiro atoms. The fourth-order valence-electron chi connectivity index (χ4n) is 3.94. The molecule has 2 aliphatic heterocycles. The molecular weight excluding hydrogens is 334 g/mol. The van der Waals surface area contributed by atoms with Crippen molar-refractivity contribution in [3.05, 3.63) is 70.3 Å². The maximum absolute atomic E-state index is 6.28. The number of fused-ring (bicyclic) bond motifs is 1. The molecule has 1 atom stereocenters. The summed E-state index contributed by atoms with van der Waals surface area (Å²) in [6, 6.07) is 17.3. The number of hydrogen-bond acceptors (Lipinski definition) is 2. The minimum absolute atomic E-state index is 0.0283. The zero-order valence-corrected chi connectivity index (χ0v) is 15.8. The van der Waals surface area contributed by atoms with E-state index >= 15 is 0 Å². The molecule has 24 heavy (non-hydrogen) atoms. The predicted molar refractivity (Wildman–Crippen MR) is 105 cm³/mol. The number of benzene rings is 2. The Labute approximate surface area is 153 Å². The van der Waals surface area contributed by atoms with Gasteiger partial charge in [-0.2, -0.15) is 0 Å². The largest absolute Gasteiger partial charge is 0.306 e. The first-order chi connectivity index (χ1) is 11.6. The van der Waals surface area contributed by atoms with E-state index in [0.29, 0.717) is 0 Å². The quantitative estimate of drug-likeness (QED) is 0.632. The molecule has 0 aliphatic carbocycles. The van der Waals surface area contributed by atoms with Crippen LogP contribution in [-0.4, -0.2) is 25.0 Å². The Hall–Kier alpha value is -1.22. The van der Waals surface area contributed by atoms with E-state index in [4.69, 9.17) is 11.6 Å². The van der Waals surface area contributed by atoms with Gasteiger partial charge in [-0.3, -0.25) is 0 Å². The molecule has 1 unspecified atom stereocenters. The van der Waals surface area contributed by atoms with Crippen molar-refractivity contribution in [3.63, 3.8) is 0 Å². The lowest BCUT2D eigenvalue weighted by atomic mass is 9.82. The van der Waals surface area contributed by atoms with Crippen LogP contribution in [0.15, 0.2) is 59.0 Å². The van der Waals surface area contributed by atoms with Gasteiger partial charge in [-0.1, -0.05) is 53.6 Å². The summed E-state index contributed by atoms with van der Waals surface area (Å²) in [5.41, 5.74) is 5.91. The van der Waals surface area contributed by atoms with Gasteiger partial charge in [-0.05, 0) is 55.6 Å². The molecule has 0 radical (unpaired) electrons. The van der Waals surface area contributed by atoms with Gasteiger partial charge < -0.3 is 4.90 Å². The van der Waals surface area contributed by atoms with E-state index in [1.807, 2.05) is 17.8 Å². The van der Waals surface area contributed by atoms with E-state index in [-0.39, 0.29) is 4.75 Å². The Morgan fingerprint density at radius 2 is 1.75 bits per heavy atom. The topological polar surface area (TPSA) is 3.24 Å². The number of likely N-dealkylation sites (tertiary alicyclic amines) is 1. The van der Waals surface area contributed by atoms with Gasteiger partial charge in [0.1, 0.15) is 0 Å². The molecule has 0 saturated carbocycles. The van der Waals surface area contributed by atoms with Crippen LogP contribution < -0.4 is 0 Å². The Bertz CT molecular complexity index is 789. The van der Waals surface area contributed by atoms with E-state index in [0.717, 1.165) is 31.0 Å². The fraction of sp³-hybridized carbons (Fsp3) is 0.333. The van der Waals surface area contributed by atoms with Gasteiger partial charge in [0.25, 0.3) is 0 Å². The van der Waals surface area contributed by atoms with Crippen molar-refractivity contribution in [1.82, 2.24) is 4.90 Å². The number of piperidine rings is 1. The number of rotatable bonds is 1. The lowest BCUT2D eigenvalue weighted by Crippen LogP contribution is -2.28. The van der Waals surface area contributed by atoms with Crippen molar-refractivity contribution >= 4 is 28.9 Å². The van der Waals surface area contributed by atoms with Crippen LogP contribution in [0.2, 0.25) is 5.02 Å². The SMILES string of the molecule is CN1CCC(=C2c3ccc(Cl)cc3SC2(C)c2ccccc2)CC1. The molecular formula is C21H22ClNS. The summed E-state index contributed by atoms with van der Waals surface area (Å²) in [5.74, 6) is 0. The highest BCUT2D eigenvalue weighted by Crippen LogP contribution is 2.60. The third-order valence-corrected chi connectivity index (χ3v) is 6.91. The standard InChI is InChI=1S/C21H22ClNS/c1-21(16-6-4-3-5-7-16)20(15-10-12-23(2)13-11-15)18-9-8-17(22)14-19(18)24-21/h3-9,14H,10-13H2,1-2H3. The summed E-state index contributed by atoms with van der Waals surface area (Å²) in [4.78, 5) is 3.74. The van der Waals surface area contributed by atoms with Crippen LogP contribution in [0.5, 0.6) is 0 Å². The molecule has 0 N–H and O–H groups in total. The summed E-state index contributed by atoms with van der Waals surface area (Å²) in [5, 5.41) is 0.825. The Morgan fingerprint density at radius 1 is 1.04 bits per heavy atom. The van der Waals surface area contributed by atoms with E-state index in [9.17, 15) is 0 Å².